The molecule has 2 aromatic heterocycles. The van der Waals surface area contributed by atoms with Gasteiger partial charge in [-0.2, -0.15) is 5.10 Å². The van der Waals surface area contributed by atoms with Gasteiger partial charge in [-0.25, -0.2) is 0 Å². The number of carbonyl (C=O) groups is 1. The normalized spacial score (nSPS) is 10.3. The number of nitrogens with two attached hydrogens (primary N) is 1. The number of ketones is 1. The first kappa shape index (κ1) is 10.4. The highest BCUT2D eigenvalue weighted by atomic mass is 16.1. The molecule has 82 valence electrons. The van der Waals surface area contributed by atoms with Gasteiger partial charge in [0.1, 0.15) is 5.82 Å². The number of pyridine rings is 1. The van der Waals surface area contributed by atoms with E-state index in [-0.39, 0.29) is 12.2 Å². The van der Waals surface area contributed by atoms with Gasteiger partial charge in [0.05, 0.1) is 18.2 Å². The Morgan fingerprint density at radius 1 is 1.50 bits per heavy atom. The molecule has 2 rings (SSSR count). The summed E-state index contributed by atoms with van der Waals surface area (Å²) >= 11 is 0. The van der Waals surface area contributed by atoms with E-state index in [0.29, 0.717) is 11.4 Å². The van der Waals surface area contributed by atoms with Crippen molar-refractivity contribution in [3.05, 3.63) is 41.9 Å². The average molecular weight is 216 g/mol. The molecule has 0 fully saturated rings. The van der Waals surface area contributed by atoms with Crippen LogP contribution in [-0.4, -0.2) is 20.5 Å². The monoisotopic (exact) mass is 216 g/mol. The Morgan fingerprint density at radius 2 is 2.31 bits per heavy atom. The topological polar surface area (TPSA) is 73.8 Å². The molecule has 0 saturated heterocycles. The highest BCUT2D eigenvalue weighted by molar-refractivity contribution is 6.00. The number of Topliss-reactive ketones (excluding diaryl/α,β-unsaturated/α-hetero) is 1. The second-order valence-corrected chi connectivity index (χ2v) is 3.49. The number of rotatable bonds is 3. The van der Waals surface area contributed by atoms with Crippen molar-refractivity contribution >= 4 is 11.6 Å². The zero-order valence-electron chi connectivity index (χ0n) is 8.92. The molecule has 0 amide bonds. The summed E-state index contributed by atoms with van der Waals surface area (Å²) in [5.41, 5.74) is 6.90. The van der Waals surface area contributed by atoms with Crippen LogP contribution in [0, 0.1) is 0 Å². The Balaban J connectivity index is 2.18. The molecule has 0 radical (unpaired) electrons. The van der Waals surface area contributed by atoms with Gasteiger partial charge in [-0.05, 0) is 12.1 Å². The van der Waals surface area contributed by atoms with Crippen molar-refractivity contribution in [2.75, 3.05) is 5.73 Å². The number of nitrogen functional groups attached to an aromatic ring is 1. The number of hydrogen-bond donors (Lipinski definition) is 1. The second-order valence-electron chi connectivity index (χ2n) is 3.49. The summed E-state index contributed by atoms with van der Waals surface area (Å²) in [5.74, 6) is 0.324. The molecule has 16 heavy (non-hydrogen) atoms. The van der Waals surface area contributed by atoms with Crippen molar-refractivity contribution in [3.63, 3.8) is 0 Å². The second kappa shape index (κ2) is 4.14. The third kappa shape index (κ3) is 1.93. The molecule has 5 heteroatoms. The molecule has 0 aromatic carbocycles. The van der Waals surface area contributed by atoms with Crippen LogP contribution >= 0.6 is 0 Å². The van der Waals surface area contributed by atoms with E-state index in [4.69, 9.17) is 5.73 Å². The van der Waals surface area contributed by atoms with Gasteiger partial charge < -0.3 is 5.73 Å². The first-order valence-electron chi connectivity index (χ1n) is 4.89. The summed E-state index contributed by atoms with van der Waals surface area (Å²) in [6, 6.07) is 5.47. The fourth-order valence-electron chi connectivity index (χ4n) is 1.42. The molecule has 0 saturated carbocycles. The first-order valence-corrected chi connectivity index (χ1v) is 4.89. The van der Waals surface area contributed by atoms with Gasteiger partial charge in [-0.1, -0.05) is 6.07 Å². The van der Waals surface area contributed by atoms with Crippen molar-refractivity contribution in [2.45, 2.75) is 6.42 Å². The zero-order chi connectivity index (χ0) is 11.5. The Labute approximate surface area is 92.9 Å². The quantitative estimate of drug-likeness (QED) is 0.771. The van der Waals surface area contributed by atoms with Gasteiger partial charge >= 0.3 is 0 Å². The number of nitrogens with zero attached hydrogens (tertiary/aromatic N) is 3. The van der Waals surface area contributed by atoms with Crippen LogP contribution in [0.15, 0.2) is 30.6 Å². The van der Waals surface area contributed by atoms with E-state index >= 15 is 0 Å². The lowest BCUT2D eigenvalue weighted by Crippen LogP contribution is -2.08. The maximum atomic E-state index is 11.9. The minimum absolute atomic E-state index is 0.0655. The Bertz CT molecular complexity index is 504. The van der Waals surface area contributed by atoms with Crippen LogP contribution < -0.4 is 5.73 Å². The van der Waals surface area contributed by atoms with Gasteiger partial charge in [0.25, 0.3) is 0 Å². The number of hydrogen-bond acceptors (Lipinski definition) is 4. The van der Waals surface area contributed by atoms with E-state index in [1.807, 2.05) is 18.2 Å². The average Bonchev–Trinajstić information content (AvgIpc) is 2.61. The number of aromatic nitrogens is 3. The number of aryl methyl sites for hydroxylation is 1. The predicted octanol–water partition coefficient (Wildman–Crippen LogP) is 0.823. The fourth-order valence-corrected chi connectivity index (χ4v) is 1.42. The minimum Gasteiger partial charge on any atom is -0.383 e. The summed E-state index contributed by atoms with van der Waals surface area (Å²) in [6.07, 6.45) is 3.40. The van der Waals surface area contributed by atoms with Crippen LogP contribution in [-0.2, 0) is 13.5 Å². The highest BCUT2D eigenvalue weighted by Gasteiger charge is 2.14. The summed E-state index contributed by atoms with van der Waals surface area (Å²) in [5, 5.41) is 3.93. The Morgan fingerprint density at radius 3 is 2.88 bits per heavy atom. The molecule has 0 unspecified atom stereocenters. The molecular formula is C11H12N4O. The van der Waals surface area contributed by atoms with E-state index in [1.165, 1.54) is 10.9 Å². The molecule has 5 nitrogen and oxygen atoms in total. The maximum Gasteiger partial charge on any atom is 0.174 e. The Hall–Kier alpha value is -2.17. The summed E-state index contributed by atoms with van der Waals surface area (Å²) < 4.78 is 1.48. The van der Waals surface area contributed by atoms with Crippen molar-refractivity contribution in [2.24, 2.45) is 7.05 Å². The van der Waals surface area contributed by atoms with Gasteiger partial charge in [0.15, 0.2) is 5.78 Å². The van der Waals surface area contributed by atoms with Crippen LogP contribution in [0.1, 0.15) is 16.1 Å². The molecule has 2 N–H and O–H groups in total. The molecule has 0 spiro atoms. The van der Waals surface area contributed by atoms with Gasteiger partial charge in [0.2, 0.25) is 0 Å². The molecule has 2 aromatic rings. The van der Waals surface area contributed by atoms with Gasteiger partial charge in [0, 0.05) is 18.9 Å². The minimum atomic E-state index is -0.0655. The molecule has 0 atom stereocenters. The highest BCUT2D eigenvalue weighted by Crippen LogP contribution is 2.12. The SMILES string of the molecule is Cn1ncc(C(=O)Cc2ccccn2)c1N. The van der Waals surface area contributed by atoms with Gasteiger partial charge in [-0.3, -0.25) is 14.5 Å². The lowest BCUT2D eigenvalue weighted by Gasteiger charge is -1.99. The third-order valence-electron chi connectivity index (χ3n) is 2.35. The molecule has 0 aliphatic carbocycles. The van der Waals surface area contributed by atoms with Crippen LogP contribution in [0.4, 0.5) is 5.82 Å². The van der Waals surface area contributed by atoms with Crippen LogP contribution in [0.3, 0.4) is 0 Å². The standard InChI is InChI=1S/C11H12N4O/c1-15-11(12)9(7-14-15)10(16)6-8-4-2-3-5-13-8/h2-5,7H,6,12H2,1H3. The molecule has 0 bridgehead atoms. The van der Waals surface area contributed by atoms with Crippen molar-refractivity contribution < 1.29 is 4.79 Å². The fraction of sp³-hybridized carbons (Fsp3) is 0.182. The summed E-state index contributed by atoms with van der Waals surface area (Å²) in [4.78, 5) is 16.0. The van der Waals surface area contributed by atoms with E-state index in [9.17, 15) is 4.79 Å². The first-order chi connectivity index (χ1) is 7.68. The van der Waals surface area contributed by atoms with E-state index in [0.717, 1.165) is 5.69 Å². The summed E-state index contributed by atoms with van der Waals surface area (Å²) in [7, 11) is 1.70. The smallest absolute Gasteiger partial charge is 0.174 e. The third-order valence-corrected chi connectivity index (χ3v) is 2.35. The van der Waals surface area contributed by atoms with Gasteiger partial charge in [-0.15, -0.1) is 0 Å². The van der Waals surface area contributed by atoms with Crippen molar-refractivity contribution in [1.29, 1.82) is 0 Å². The van der Waals surface area contributed by atoms with Crippen LogP contribution in [0.5, 0.6) is 0 Å². The van der Waals surface area contributed by atoms with Crippen molar-refractivity contribution in [1.82, 2.24) is 14.8 Å². The maximum absolute atomic E-state index is 11.9. The van der Waals surface area contributed by atoms with E-state index in [2.05, 4.69) is 10.1 Å². The molecule has 0 aliphatic rings. The molecular weight excluding hydrogens is 204 g/mol. The number of carbonyl (C=O) groups excluding carboxylic acids is 1. The lowest BCUT2D eigenvalue weighted by molar-refractivity contribution is 0.0993. The van der Waals surface area contributed by atoms with Crippen LogP contribution in [0.2, 0.25) is 0 Å². The zero-order valence-corrected chi connectivity index (χ0v) is 8.92. The van der Waals surface area contributed by atoms with Crippen molar-refractivity contribution in [3.8, 4) is 0 Å². The Kier molecular flexibility index (Phi) is 2.68. The summed E-state index contributed by atoms with van der Waals surface area (Å²) in [6.45, 7) is 0. The largest absolute Gasteiger partial charge is 0.383 e. The number of anilines is 1. The van der Waals surface area contributed by atoms with E-state index in [1.54, 1.807) is 13.2 Å². The van der Waals surface area contributed by atoms with Crippen LogP contribution in [0.25, 0.3) is 0 Å². The lowest BCUT2D eigenvalue weighted by atomic mass is 10.1. The molecule has 0 aliphatic heterocycles. The predicted molar refractivity (Wildman–Crippen MR) is 59.9 cm³/mol. The molecule has 2 heterocycles. The van der Waals surface area contributed by atoms with E-state index < -0.39 is 0 Å².